The number of benzene rings is 2. The summed E-state index contributed by atoms with van der Waals surface area (Å²) in [6, 6.07) is 13.4. The average molecular weight is 390 g/mol. The predicted octanol–water partition coefficient (Wildman–Crippen LogP) is 3.10. The van der Waals surface area contributed by atoms with E-state index in [0.29, 0.717) is 21.2 Å². The summed E-state index contributed by atoms with van der Waals surface area (Å²) in [5, 5.41) is 9.72. The Morgan fingerprint density at radius 2 is 1.88 bits per heavy atom. The van der Waals surface area contributed by atoms with Crippen LogP contribution in [-0.2, 0) is 9.59 Å². The van der Waals surface area contributed by atoms with Gasteiger partial charge in [0.2, 0.25) is 0 Å². The molecule has 0 aliphatic heterocycles. The predicted molar refractivity (Wildman–Crippen MR) is 98.4 cm³/mol. The van der Waals surface area contributed by atoms with Gasteiger partial charge in [-0.1, -0.05) is 41.4 Å². The fourth-order valence-corrected chi connectivity index (χ4v) is 2.13. The van der Waals surface area contributed by atoms with Gasteiger partial charge in [0.25, 0.3) is 11.8 Å². The van der Waals surface area contributed by atoms with E-state index in [2.05, 4.69) is 10.9 Å². The number of hydrazine groups is 1. The molecule has 0 spiro atoms. The lowest BCUT2D eigenvalue weighted by Crippen LogP contribution is -2.43. The van der Waals surface area contributed by atoms with Crippen LogP contribution in [0.25, 0.3) is 6.08 Å². The number of para-hydroxylation sites is 1. The zero-order valence-electron chi connectivity index (χ0n) is 13.3. The van der Waals surface area contributed by atoms with Crippen molar-refractivity contribution in [2.24, 2.45) is 0 Å². The third-order valence-corrected chi connectivity index (χ3v) is 3.80. The Kier molecular flexibility index (Phi) is 7.03. The highest BCUT2D eigenvalue weighted by Crippen LogP contribution is 2.23. The molecule has 2 aromatic carbocycles. The third-order valence-electron chi connectivity index (χ3n) is 3.06. The van der Waals surface area contributed by atoms with Crippen molar-refractivity contribution >= 4 is 41.1 Å². The molecular formula is C18H13Cl2N3O3. The highest BCUT2D eigenvalue weighted by molar-refractivity contribution is 6.42. The van der Waals surface area contributed by atoms with E-state index in [9.17, 15) is 9.59 Å². The van der Waals surface area contributed by atoms with Gasteiger partial charge in [-0.25, -0.2) is 0 Å². The van der Waals surface area contributed by atoms with Crippen molar-refractivity contribution in [1.29, 1.82) is 5.26 Å². The van der Waals surface area contributed by atoms with E-state index in [4.69, 9.17) is 33.2 Å². The van der Waals surface area contributed by atoms with E-state index in [1.165, 1.54) is 12.2 Å². The molecule has 2 amide bonds. The van der Waals surface area contributed by atoms with E-state index in [1.54, 1.807) is 42.5 Å². The molecule has 2 aromatic rings. The van der Waals surface area contributed by atoms with Crippen LogP contribution >= 0.6 is 23.2 Å². The van der Waals surface area contributed by atoms with Crippen LogP contribution in [0, 0.1) is 11.3 Å². The molecule has 2 N–H and O–H groups in total. The van der Waals surface area contributed by atoms with Gasteiger partial charge < -0.3 is 4.74 Å². The second kappa shape index (κ2) is 9.47. The smallest absolute Gasteiger partial charge is 0.276 e. The SMILES string of the molecule is N#Cc1ccccc1OCC(=O)NNC(=O)/C=C/c1ccc(Cl)c(Cl)c1. The normalized spacial score (nSPS) is 10.2. The summed E-state index contributed by atoms with van der Waals surface area (Å²) in [5.74, 6) is -0.827. The first-order valence-corrected chi connectivity index (χ1v) is 8.09. The van der Waals surface area contributed by atoms with Crippen LogP contribution in [0.4, 0.5) is 0 Å². The number of nitrogens with one attached hydrogen (secondary N) is 2. The largest absolute Gasteiger partial charge is 0.482 e. The van der Waals surface area contributed by atoms with Gasteiger partial charge in [0.05, 0.1) is 15.6 Å². The molecule has 0 saturated carbocycles. The number of amides is 2. The zero-order chi connectivity index (χ0) is 18.9. The molecule has 0 bridgehead atoms. The average Bonchev–Trinajstić information content (AvgIpc) is 2.65. The van der Waals surface area contributed by atoms with Crippen LogP contribution in [0.1, 0.15) is 11.1 Å². The van der Waals surface area contributed by atoms with Gasteiger partial charge >= 0.3 is 0 Å². The Morgan fingerprint density at radius 1 is 1.12 bits per heavy atom. The molecule has 0 radical (unpaired) electrons. The van der Waals surface area contributed by atoms with Crippen LogP contribution in [-0.4, -0.2) is 18.4 Å². The Hall–Kier alpha value is -3.01. The van der Waals surface area contributed by atoms with E-state index in [1.807, 2.05) is 6.07 Å². The highest BCUT2D eigenvalue weighted by Gasteiger charge is 2.06. The number of hydrogen-bond donors (Lipinski definition) is 2. The minimum atomic E-state index is -0.575. The number of carbonyl (C=O) groups excluding carboxylic acids is 2. The first kappa shape index (κ1) is 19.3. The maximum atomic E-state index is 11.7. The summed E-state index contributed by atoms with van der Waals surface area (Å²) in [6.45, 7) is -0.352. The molecule has 2 rings (SSSR count). The van der Waals surface area contributed by atoms with Crippen molar-refractivity contribution in [1.82, 2.24) is 10.9 Å². The first-order chi connectivity index (χ1) is 12.5. The molecule has 0 saturated heterocycles. The van der Waals surface area contributed by atoms with E-state index in [-0.39, 0.29) is 12.4 Å². The second-order valence-corrected chi connectivity index (χ2v) is 5.76. The van der Waals surface area contributed by atoms with Crippen molar-refractivity contribution < 1.29 is 14.3 Å². The fraction of sp³-hybridized carbons (Fsp3) is 0.0556. The van der Waals surface area contributed by atoms with Crippen molar-refractivity contribution in [2.75, 3.05) is 6.61 Å². The number of hydrogen-bond acceptors (Lipinski definition) is 4. The molecule has 0 heterocycles. The van der Waals surface area contributed by atoms with Crippen LogP contribution in [0.3, 0.4) is 0 Å². The molecule has 132 valence electrons. The topological polar surface area (TPSA) is 91.2 Å². The number of rotatable bonds is 5. The van der Waals surface area contributed by atoms with Gasteiger partial charge in [-0.2, -0.15) is 5.26 Å². The molecule has 0 aliphatic rings. The van der Waals surface area contributed by atoms with Crippen LogP contribution in [0.5, 0.6) is 5.75 Å². The number of nitrogens with zero attached hydrogens (tertiary/aromatic N) is 1. The molecule has 0 unspecified atom stereocenters. The minimum Gasteiger partial charge on any atom is -0.482 e. The summed E-state index contributed by atoms with van der Waals surface area (Å²) in [7, 11) is 0. The number of ether oxygens (including phenoxy) is 1. The third kappa shape index (κ3) is 5.81. The second-order valence-electron chi connectivity index (χ2n) is 4.94. The first-order valence-electron chi connectivity index (χ1n) is 7.33. The van der Waals surface area contributed by atoms with Crippen molar-refractivity contribution in [2.45, 2.75) is 0 Å². The number of carbonyl (C=O) groups is 2. The fourth-order valence-electron chi connectivity index (χ4n) is 1.83. The Bertz CT molecular complexity index is 891. The molecule has 26 heavy (non-hydrogen) atoms. The summed E-state index contributed by atoms with van der Waals surface area (Å²) in [4.78, 5) is 23.4. The lowest BCUT2D eigenvalue weighted by molar-refractivity contribution is -0.128. The van der Waals surface area contributed by atoms with E-state index < -0.39 is 11.8 Å². The van der Waals surface area contributed by atoms with Crippen LogP contribution < -0.4 is 15.6 Å². The van der Waals surface area contributed by atoms with Gasteiger partial charge in [-0.3, -0.25) is 20.4 Å². The lowest BCUT2D eigenvalue weighted by Gasteiger charge is -2.08. The van der Waals surface area contributed by atoms with Crippen LogP contribution in [0.15, 0.2) is 48.5 Å². The monoisotopic (exact) mass is 389 g/mol. The number of nitriles is 1. The van der Waals surface area contributed by atoms with Crippen molar-refractivity contribution in [3.05, 3.63) is 69.7 Å². The van der Waals surface area contributed by atoms with Gasteiger partial charge in [-0.15, -0.1) is 0 Å². The maximum absolute atomic E-state index is 11.7. The van der Waals surface area contributed by atoms with Gasteiger partial charge in [0.15, 0.2) is 6.61 Å². The maximum Gasteiger partial charge on any atom is 0.276 e. The highest BCUT2D eigenvalue weighted by atomic mass is 35.5. The Labute approximate surface area is 159 Å². The molecule has 0 aromatic heterocycles. The van der Waals surface area contributed by atoms with Crippen LogP contribution in [0.2, 0.25) is 10.0 Å². The molecular weight excluding hydrogens is 377 g/mol. The summed E-state index contributed by atoms with van der Waals surface area (Å²) >= 11 is 11.7. The number of halogens is 2. The molecule has 0 fully saturated rings. The molecule has 0 aliphatic carbocycles. The summed E-state index contributed by atoms with van der Waals surface area (Å²) in [5.41, 5.74) is 5.41. The lowest BCUT2D eigenvalue weighted by atomic mass is 10.2. The van der Waals surface area contributed by atoms with Crippen molar-refractivity contribution in [3.63, 3.8) is 0 Å². The van der Waals surface area contributed by atoms with E-state index in [0.717, 1.165) is 0 Å². The molecule has 6 nitrogen and oxygen atoms in total. The van der Waals surface area contributed by atoms with E-state index >= 15 is 0 Å². The minimum absolute atomic E-state index is 0.288. The summed E-state index contributed by atoms with van der Waals surface area (Å²) in [6.07, 6.45) is 2.75. The van der Waals surface area contributed by atoms with Crippen molar-refractivity contribution in [3.8, 4) is 11.8 Å². The standard InChI is InChI=1S/C18H13Cl2N3O3/c19-14-7-5-12(9-15(14)20)6-8-17(24)22-23-18(25)11-26-16-4-2-1-3-13(16)10-21/h1-9H,11H2,(H,22,24)(H,23,25)/b8-6+. The van der Waals surface area contributed by atoms with Gasteiger partial charge in [0, 0.05) is 6.08 Å². The summed E-state index contributed by atoms with van der Waals surface area (Å²) < 4.78 is 5.24. The molecule has 8 heteroatoms. The Morgan fingerprint density at radius 3 is 2.62 bits per heavy atom. The quantitative estimate of drug-likeness (QED) is 0.606. The molecule has 0 atom stereocenters. The zero-order valence-corrected chi connectivity index (χ0v) is 14.8. The Balaban J connectivity index is 1.79. The van der Waals surface area contributed by atoms with Gasteiger partial charge in [-0.05, 0) is 35.9 Å². The van der Waals surface area contributed by atoms with Gasteiger partial charge in [0.1, 0.15) is 11.8 Å².